The van der Waals surface area contributed by atoms with Crippen molar-refractivity contribution in [3.8, 4) is 0 Å². The predicted molar refractivity (Wildman–Crippen MR) is 86.2 cm³/mol. The number of nitrogens with zero attached hydrogens (tertiary/aromatic N) is 1. The lowest BCUT2D eigenvalue weighted by Crippen LogP contribution is -2.60. The molecule has 1 aliphatic heterocycles. The molecular weight excluding hydrogens is 312 g/mol. The number of rotatable bonds is 1. The molecule has 0 aromatic rings. The molecule has 0 aromatic carbocycles. The molecule has 2 rings (SSSR count). The molecule has 1 amide bonds. The fourth-order valence-electron chi connectivity index (χ4n) is 3.44. The number of nitrogens with two attached hydrogens (primary N) is 1. The van der Waals surface area contributed by atoms with E-state index in [-0.39, 0.29) is 36.0 Å². The van der Waals surface area contributed by atoms with E-state index in [1.165, 1.54) is 0 Å². The van der Waals surface area contributed by atoms with Crippen LogP contribution >= 0.6 is 12.4 Å². The monoisotopic (exact) mass is 338 g/mol. The predicted octanol–water partition coefficient (Wildman–Crippen LogP) is 1.35. The maximum Gasteiger partial charge on any atom is 0.227 e. The first-order chi connectivity index (χ1) is 9.17. The summed E-state index contributed by atoms with van der Waals surface area (Å²) >= 11 is 0. The highest BCUT2D eigenvalue weighted by Gasteiger charge is 2.44. The Bertz CT molecular complexity index is 492. The van der Waals surface area contributed by atoms with Crippen LogP contribution in [0, 0.1) is 5.92 Å². The van der Waals surface area contributed by atoms with Gasteiger partial charge in [-0.2, -0.15) is 0 Å². The second-order valence-electron chi connectivity index (χ2n) is 6.65. The first-order valence-corrected chi connectivity index (χ1v) is 9.19. The van der Waals surface area contributed by atoms with Gasteiger partial charge in [0.25, 0.3) is 0 Å². The minimum absolute atomic E-state index is 0. The Hall–Kier alpha value is -0.330. The molecule has 2 fully saturated rings. The summed E-state index contributed by atoms with van der Waals surface area (Å²) in [6.45, 7) is 5.78. The van der Waals surface area contributed by atoms with Crippen molar-refractivity contribution in [1.29, 1.82) is 0 Å². The zero-order valence-electron chi connectivity index (χ0n) is 13.0. The van der Waals surface area contributed by atoms with E-state index < -0.39 is 20.6 Å². The molecule has 124 valence electrons. The number of hydrogen-bond donors (Lipinski definition) is 1. The Morgan fingerprint density at radius 2 is 1.90 bits per heavy atom. The van der Waals surface area contributed by atoms with Crippen LogP contribution in [0.15, 0.2) is 0 Å². The van der Waals surface area contributed by atoms with Crippen molar-refractivity contribution in [2.45, 2.75) is 63.3 Å². The third-order valence-electron chi connectivity index (χ3n) is 5.19. The zero-order valence-corrected chi connectivity index (χ0v) is 14.7. The van der Waals surface area contributed by atoms with Crippen LogP contribution in [-0.4, -0.2) is 48.4 Å². The second-order valence-corrected chi connectivity index (χ2v) is 9.13. The normalized spacial score (nSPS) is 39.4. The van der Waals surface area contributed by atoms with Gasteiger partial charge < -0.3 is 10.6 Å². The third kappa shape index (κ3) is 3.54. The average Bonchev–Trinajstić information content (AvgIpc) is 2.35. The molecule has 5 nitrogen and oxygen atoms in total. The summed E-state index contributed by atoms with van der Waals surface area (Å²) in [6, 6.07) is -0.265. The summed E-state index contributed by atoms with van der Waals surface area (Å²) in [5, 5.41) is -0.493. The summed E-state index contributed by atoms with van der Waals surface area (Å²) in [7, 11) is -3.06. The SMILES string of the molecule is CC1C(C)S(=O)(=O)CCN1C(=O)C1CCCCC1(C)N.Cl. The lowest BCUT2D eigenvalue weighted by molar-refractivity contribution is -0.141. The lowest BCUT2D eigenvalue weighted by Gasteiger charge is -2.44. The molecule has 2 aliphatic rings. The van der Waals surface area contributed by atoms with Crippen LogP contribution in [0.4, 0.5) is 0 Å². The highest BCUT2D eigenvalue weighted by Crippen LogP contribution is 2.34. The molecule has 4 atom stereocenters. The van der Waals surface area contributed by atoms with Gasteiger partial charge in [-0.15, -0.1) is 12.4 Å². The van der Waals surface area contributed by atoms with E-state index in [1.807, 2.05) is 13.8 Å². The quantitative estimate of drug-likeness (QED) is 0.782. The molecular formula is C14H27ClN2O3S. The maximum absolute atomic E-state index is 12.8. The Balaban J connectivity index is 0.00000220. The Morgan fingerprint density at radius 1 is 1.29 bits per heavy atom. The van der Waals surface area contributed by atoms with E-state index in [2.05, 4.69) is 0 Å². The first-order valence-electron chi connectivity index (χ1n) is 7.48. The molecule has 1 heterocycles. The minimum Gasteiger partial charge on any atom is -0.337 e. The summed E-state index contributed by atoms with van der Waals surface area (Å²) in [5.74, 6) is -0.0613. The standard InChI is InChI=1S/C14H26N2O3S.ClH/c1-10-11(2)20(18,19)9-8-16(10)13(17)12-6-4-5-7-14(12,3)15;/h10-12H,4-9,15H2,1-3H3;1H. The second kappa shape index (κ2) is 6.42. The van der Waals surface area contributed by atoms with Gasteiger partial charge in [0, 0.05) is 18.1 Å². The van der Waals surface area contributed by atoms with E-state index in [0.29, 0.717) is 6.54 Å². The van der Waals surface area contributed by atoms with Gasteiger partial charge in [-0.1, -0.05) is 12.8 Å². The van der Waals surface area contributed by atoms with Crippen molar-refractivity contribution in [2.75, 3.05) is 12.3 Å². The van der Waals surface area contributed by atoms with E-state index in [1.54, 1.807) is 11.8 Å². The van der Waals surface area contributed by atoms with Gasteiger partial charge >= 0.3 is 0 Å². The number of carbonyl (C=O) groups is 1. The fourth-order valence-corrected chi connectivity index (χ4v) is 5.01. The van der Waals surface area contributed by atoms with Crippen molar-refractivity contribution < 1.29 is 13.2 Å². The topological polar surface area (TPSA) is 80.5 Å². The molecule has 7 heteroatoms. The molecule has 4 unspecified atom stereocenters. The van der Waals surface area contributed by atoms with Gasteiger partial charge in [0.1, 0.15) is 0 Å². The smallest absolute Gasteiger partial charge is 0.227 e. The highest BCUT2D eigenvalue weighted by molar-refractivity contribution is 7.92. The molecule has 2 N–H and O–H groups in total. The lowest BCUT2D eigenvalue weighted by atomic mass is 9.74. The summed E-state index contributed by atoms with van der Waals surface area (Å²) < 4.78 is 23.8. The summed E-state index contributed by atoms with van der Waals surface area (Å²) in [6.07, 6.45) is 3.77. The first kappa shape index (κ1) is 18.7. The van der Waals surface area contributed by atoms with Crippen LogP contribution in [0.5, 0.6) is 0 Å². The molecule has 0 spiro atoms. The van der Waals surface area contributed by atoms with Crippen LogP contribution in [-0.2, 0) is 14.6 Å². The molecule has 0 radical (unpaired) electrons. The molecule has 1 saturated carbocycles. The summed E-state index contributed by atoms with van der Waals surface area (Å²) in [5.41, 5.74) is 5.83. The molecule has 0 aromatic heterocycles. The van der Waals surface area contributed by atoms with Crippen LogP contribution in [0.1, 0.15) is 46.5 Å². The van der Waals surface area contributed by atoms with E-state index >= 15 is 0 Å². The number of halogens is 1. The van der Waals surface area contributed by atoms with Crippen LogP contribution in [0.25, 0.3) is 0 Å². The van der Waals surface area contributed by atoms with Crippen molar-refractivity contribution in [2.24, 2.45) is 11.7 Å². The van der Waals surface area contributed by atoms with Gasteiger partial charge in [-0.05, 0) is 33.6 Å². The van der Waals surface area contributed by atoms with E-state index in [4.69, 9.17) is 5.73 Å². The highest BCUT2D eigenvalue weighted by atomic mass is 35.5. The minimum atomic E-state index is -3.06. The zero-order chi connectivity index (χ0) is 15.1. The fraction of sp³-hybridized carbons (Fsp3) is 0.929. The number of amides is 1. The molecule has 1 aliphatic carbocycles. The van der Waals surface area contributed by atoms with Gasteiger partial charge in [0.15, 0.2) is 9.84 Å². The van der Waals surface area contributed by atoms with Gasteiger partial charge in [-0.25, -0.2) is 8.42 Å². The van der Waals surface area contributed by atoms with Crippen LogP contribution in [0.2, 0.25) is 0 Å². The third-order valence-corrected chi connectivity index (χ3v) is 7.47. The van der Waals surface area contributed by atoms with Crippen LogP contribution in [0.3, 0.4) is 0 Å². The van der Waals surface area contributed by atoms with E-state index in [9.17, 15) is 13.2 Å². The maximum atomic E-state index is 12.8. The van der Waals surface area contributed by atoms with E-state index in [0.717, 1.165) is 25.7 Å². The Kier molecular flexibility index (Phi) is 5.73. The Morgan fingerprint density at radius 3 is 2.48 bits per heavy atom. The molecule has 0 bridgehead atoms. The van der Waals surface area contributed by atoms with Gasteiger partial charge in [0.05, 0.1) is 16.9 Å². The number of carbonyl (C=O) groups excluding carboxylic acids is 1. The van der Waals surface area contributed by atoms with Crippen molar-refractivity contribution in [3.63, 3.8) is 0 Å². The number of hydrogen-bond acceptors (Lipinski definition) is 4. The van der Waals surface area contributed by atoms with Gasteiger partial charge in [-0.3, -0.25) is 4.79 Å². The largest absolute Gasteiger partial charge is 0.337 e. The molecule has 1 saturated heterocycles. The van der Waals surface area contributed by atoms with Crippen molar-refractivity contribution in [3.05, 3.63) is 0 Å². The Labute approximate surface area is 134 Å². The number of sulfone groups is 1. The average molecular weight is 339 g/mol. The molecule has 21 heavy (non-hydrogen) atoms. The summed E-state index contributed by atoms with van der Waals surface area (Å²) in [4.78, 5) is 14.5. The van der Waals surface area contributed by atoms with Crippen molar-refractivity contribution in [1.82, 2.24) is 4.90 Å². The van der Waals surface area contributed by atoms with Gasteiger partial charge in [0.2, 0.25) is 5.91 Å². The van der Waals surface area contributed by atoms with Crippen molar-refractivity contribution >= 4 is 28.2 Å². The van der Waals surface area contributed by atoms with Crippen LogP contribution < -0.4 is 5.73 Å².